The molecule has 2 aliphatic heterocycles. The molecule has 162 valence electrons. The highest BCUT2D eigenvalue weighted by atomic mass is 35.5. The topological polar surface area (TPSA) is 84.9 Å². The van der Waals surface area contributed by atoms with E-state index in [1.807, 2.05) is 47.8 Å². The largest absolute Gasteiger partial charge is 0.456 e. The summed E-state index contributed by atoms with van der Waals surface area (Å²) in [6.07, 6.45) is 0.135. The molecule has 1 saturated heterocycles. The van der Waals surface area contributed by atoms with Crippen molar-refractivity contribution in [3.63, 3.8) is 0 Å². The summed E-state index contributed by atoms with van der Waals surface area (Å²) in [5, 5.41) is 4.19. The number of rotatable bonds is 7. The molecule has 1 aromatic carbocycles. The van der Waals surface area contributed by atoms with Crippen molar-refractivity contribution in [1.82, 2.24) is 10.2 Å². The number of thioether (sulfide) groups is 1. The fraction of sp³-hybridized carbons (Fsp3) is 0.286. The highest BCUT2D eigenvalue weighted by Gasteiger charge is 2.66. The van der Waals surface area contributed by atoms with E-state index in [1.165, 1.54) is 35.1 Å². The Kier molecular flexibility index (Phi) is 6.38. The van der Waals surface area contributed by atoms with Gasteiger partial charge < -0.3 is 14.8 Å². The summed E-state index contributed by atoms with van der Waals surface area (Å²) < 4.78 is 10.9. The van der Waals surface area contributed by atoms with Crippen molar-refractivity contribution in [2.45, 2.75) is 24.1 Å². The van der Waals surface area contributed by atoms with Crippen molar-refractivity contribution in [2.24, 2.45) is 0 Å². The van der Waals surface area contributed by atoms with E-state index in [0.29, 0.717) is 0 Å². The third-order valence-electron chi connectivity index (χ3n) is 4.95. The van der Waals surface area contributed by atoms with Gasteiger partial charge in [0.1, 0.15) is 17.7 Å². The molecule has 1 fully saturated rings. The van der Waals surface area contributed by atoms with Crippen LogP contribution in [0.3, 0.4) is 0 Å². The van der Waals surface area contributed by atoms with E-state index in [2.05, 4.69) is 5.32 Å². The maximum atomic E-state index is 13.1. The molecule has 1 N–H and O–H groups in total. The van der Waals surface area contributed by atoms with Gasteiger partial charge in [0.15, 0.2) is 0 Å². The summed E-state index contributed by atoms with van der Waals surface area (Å²) in [6, 6.07) is 12.9. The summed E-state index contributed by atoms with van der Waals surface area (Å²) in [5.41, 5.74) is -0.746. The van der Waals surface area contributed by atoms with E-state index in [9.17, 15) is 14.4 Å². The maximum absolute atomic E-state index is 13.1. The number of fused-ring (bicyclic) bond motifs is 1. The number of amides is 2. The number of hydrogen-bond acceptors (Lipinski definition) is 7. The van der Waals surface area contributed by atoms with Gasteiger partial charge in [0.05, 0.1) is 11.5 Å². The highest BCUT2D eigenvalue weighted by molar-refractivity contribution is 8.00. The number of methoxy groups -OCH3 is 1. The summed E-state index contributed by atoms with van der Waals surface area (Å²) in [4.78, 5) is 40.5. The smallest absolute Gasteiger partial charge is 0.356 e. The first kappa shape index (κ1) is 21.9. The van der Waals surface area contributed by atoms with Crippen LogP contribution in [0.25, 0.3) is 0 Å². The number of esters is 1. The van der Waals surface area contributed by atoms with Crippen molar-refractivity contribution in [2.75, 3.05) is 12.9 Å². The van der Waals surface area contributed by atoms with Gasteiger partial charge in [0.25, 0.3) is 11.6 Å². The second-order valence-corrected chi connectivity index (χ2v) is 9.45. The molecule has 2 aromatic rings. The van der Waals surface area contributed by atoms with Crippen molar-refractivity contribution in [1.29, 1.82) is 0 Å². The molecular weight excluding hydrogens is 460 g/mol. The Morgan fingerprint density at radius 2 is 2.03 bits per heavy atom. The fourth-order valence-corrected chi connectivity index (χ4v) is 5.79. The maximum Gasteiger partial charge on any atom is 0.356 e. The van der Waals surface area contributed by atoms with Crippen molar-refractivity contribution in [3.05, 3.63) is 69.0 Å². The summed E-state index contributed by atoms with van der Waals surface area (Å²) in [6.45, 7) is 0.0557. The third-order valence-corrected chi connectivity index (χ3v) is 7.61. The van der Waals surface area contributed by atoms with Gasteiger partial charge in [0, 0.05) is 17.7 Å². The second-order valence-electron chi connectivity index (χ2n) is 6.90. The van der Waals surface area contributed by atoms with Crippen LogP contribution in [0.4, 0.5) is 0 Å². The molecule has 31 heavy (non-hydrogen) atoms. The molecule has 2 atom stereocenters. The van der Waals surface area contributed by atoms with Gasteiger partial charge >= 0.3 is 5.97 Å². The minimum absolute atomic E-state index is 0.00784. The number of nitrogens with zero attached hydrogens (tertiary/aromatic N) is 1. The molecular formula is C21H19ClN2O5S2. The first-order valence-corrected chi connectivity index (χ1v) is 11.7. The lowest BCUT2D eigenvalue weighted by atomic mass is 9.99. The zero-order valence-electron chi connectivity index (χ0n) is 16.5. The lowest BCUT2D eigenvalue weighted by Gasteiger charge is -2.55. The van der Waals surface area contributed by atoms with Gasteiger partial charge in [-0.3, -0.25) is 14.5 Å². The third kappa shape index (κ3) is 4.10. The van der Waals surface area contributed by atoms with Crippen LogP contribution in [0.15, 0.2) is 58.6 Å². The second kappa shape index (κ2) is 9.04. The van der Waals surface area contributed by atoms with Crippen LogP contribution < -0.4 is 5.32 Å². The Hall–Kier alpha value is -2.33. The minimum atomic E-state index is -1.55. The zero-order chi connectivity index (χ0) is 22.0. The van der Waals surface area contributed by atoms with Gasteiger partial charge in [0.2, 0.25) is 5.91 Å². The Balaban J connectivity index is 1.48. The zero-order valence-corrected chi connectivity index (χ0v) is 18.9. The molecule has 7 nitrogen and oxygen atoms in total. The summed E-state index contributed by atoms with van der Waals surface area (Å²) in [7, 11) is 1.36. The molecule has 4 rings (SSSR count). The van der Waals surface area contributed by atoms with Crippen molar-refractivity contribution >= 4 is 52.5 Å². The Bertz CT molecular complexity index is 1030. The van der Waals surface area contributed by atoms with Crippen molar-refractivity contribution < 1.29 is 23.9 Å². The van der Waals surface area contributed by atoms with Crippen LogP contribution in [0.5, 0.6) is 0 Å². The molecule has 10 heteroatoms. The van der Waals surface area contributed by atoms with Crippen LogP contribution in [-0.2, 0) is 36.9 Å². The molecule has 2 amide bonds. The number of carbonyl (C=O) groups is 3. The minimum Gasteiger partial charge on any atom is -0.456 e. The number of thiophene rings is 1. The van der Waals surface area contributed by atoms with Gasteiger partial charge in [-0.15, -0.1) is 23.1 Å². The van der Waals surface area contributed by atoms with Gasteiger partial charge in [-0.2, -0.15) is 0 Å². The predicted molar refractivity (Wildman–Crippen MR) is 118 cm³/mol. The number of benzene rings is 1. The van der Waals surface area contributed by atoms with E-state index < -0.39 is 23.0 Å². The normalized spacial score (nSPS) is 22.6. The first-order chi connectivity index (χ1) is 15.0. The van der Waals surface area contributed by atoms with Crippen LogP contribution in [-0.4, -0.2) is 46.6 Å². The Labute approximate surface area is 192 Å². The van der Waals surface area contributed by atoms with E-state index in [-0.39, 0.29) is 35.4 Å². The molecule has 2 aliphatic rings. The van der Waals surface area contributed by atoms with Crippen molar-refractivity contribution in [3.8, 4) is 0 Å². The van der Waals surface area contributed by atoms with Crippen LogP contribution in [0.2, 0.25) is 0 Å². The number of nitrogens with one attached hydrogen (secondary N) is 1. The van der Waals surface area contributed by atoms with E-state index >= 15 is 0 Å². The summed E-state index contributed by atoms with van der Waals surface area (Å²) >= 11 is 9.06. The lowest BCUT2D eigenvalue weighted by Crippen LogP contribution is -2.80. The lowest BCUT2D eigenvalue weighted by molar-refractivity contribution is -0.192. The molecule has 3 heterocycles. The van der Waals surface area contributed by atoms with E-state index in [4.69, 9.17) is 21.1 Å². The molecule has 0 bridgehead atoms. The molecule has 1 aromatic heterocycles. The number of carbonyl (C=O) groups excluding carboxylic acids is 3. The Morgan fingerprint density at radius 1 is 1.26 bits per heavy atom. The number of hydrogen-bond donors (Lipinski definition) is 1. The predicted octanol–water partition coefficient (Wildman–Crippen LogP) is 2.86. The SMILES string of the molecule is COC1(NC(=O)Cc2cccs2)C(=O)N2C(C(=O)OCc3ccccc3)=C(Cl)CS[C@@H]21. The van der Waals surface area contributed by atoms with E-state index in [0.717, 1.165) is 10.4 Å². The molecule has 1 unspecified atom stereocenters. The highest BCUT2D eigenvalue weighted by Crippen LogP contribution is 2.47. The number of β-lactam (4-membered cyclic amide) rings is 1. The summed E-state index contributed by atoms with van der Waals surface area (Å²) in [5.74, 6) is -1.30. The van der Waals surface area contributed by atoms with Gasteiger partial charge in [-0.05, 0) is 17.0 Å². The van der Waals surface area contributed by atoms with E-state index in [1.54, 1.807) is 0 Å². The number of halogens is 1. The van der Waals surface area contributed by atoms with Crippen LogP contribution in [0, 0.1) is 0 Å². The van der Waals surface area contributed by atoms with Crippen LogP contribution in [0.1, 0.15) is 10.4 Å². The molecule has 0 radical (unpaired) electrons. The average molecular weight is 479 g/mol. The van der Waals surface area contributed by atoms with Gasteiger partial charge in [-0.1, -0.05) is 48.0 Å². The first-order valence-electron chi connectivity index (χ1n) is 9.40. The average Bonchev–Trinajstić information content (AvgIpc) is 3.29. The van der Waals surface area contributed by atoms with Crippen LogP contribution >= 0.6 is 34.7 Å². The number of ether oxygens (including phenoxy) is 2. The molecule has 0 aliphatic carbocycles. The van der Waals surface area contributed by atoms with Gasteiger partial charge in [-0.25, -0.2) is 4.79 Å². The molecule has 0 spiro atoms. The molecule has 0 saturated carbocycles. The quantitative estimate of drug-likeness (QED) is 0.374. The standard InChI is InChI=1S/C21H19ClN2O5S2/c1-28-21(23-16(25)10-14-8-5-9-30-14)19(27)24-17(15(22)12-31-20(21)24)18(26)29-11-13-6-3-2-4-7-13/h2-9,20H,10-12H2,1H3,(H,23,25)/t20-,21?/m1/s1. The monoisotopic (exact) mass is 478 g/mol. The Morgan fingerprint density at radius 3 is 2.71 bits per heavy atom. The fourth-order valence-electron chi connectivity index (χ4n) is 3.45.